The summed E-state index contributed by atoms with van der Waals surface area (Å²) in [5.74, 6) is -1.42. The lowest BCUT2D eigenvalue weighted by Crippen LogP contribution is -2.16. The van der Waals surface area contributed by atoms with E-state index in [4.69, 9.17) is 4.74 Å². The molecule has 2 aromatic carbocycles. The molecule has 142 valence electrons. The zero-order valence-corrected chi connectivity index (χ0v) is 15.0. The van der Waals surface area contributed by atoms with E-state index in [1.54, 1.807) is 6.07 Å². The molecular weight excluding hydrogens is 374 g/mol. The van der Waals surface area contributed by atoms with Gasteiger partial charge in [0.25, 0.3) is 10.0 Å². The maximum absolute atomic E-state index is 13.4. The molecule has 0 saturated carbocycles. The van der Waals surface area contributed by atoms with Crippen molar-refractivity contribution in [1.82, 2.24) is 0 Å². The number of anilines is 1. The van der Waals surface area contributed by atoms with E-state index in [1.165, 1.54) is 19.2 Å². The van der Waals surface area contributed by atoms with Crippen molar-refractivity contribution in [3.8, 4) is 5.75 Å². The van der Waals surface area contributed by atoms with Gasteiger partial charge in [-0.25, -0.2) is 12.8 Å². The van der Waals surface area contributed by atoms with Crippen LogP contribution in [0.1, 0.15) is 30.9 Å². The minimum absolute atomic E-state index is 0.0255. The van der Waals surface area contributed by atoms with E-state index >= 15 is 0 Å². The van der Waals surface area contributed by atoms with Gasteiger partial charge in [0, 0.05) is 5.69 Å². The molecule has 0 heterocycles. The minimum atomic E-state index is -4.94. The van der Waals surface area contributed by atoms with Crippen LogP contribution in [0.2, 0.25) is 0 Å². The number of benzene rings is 2. The lowest BCUT2D eigenvalue weighted by molar-refractivity contribution is -0.139. The highest BCUT2D eigenvalue weighted by Gasteiger charge is 2.34. The van der Waals surface area contributed by atoms with E-state index in [0.717, 1.165) is 6.07 Å². The first-order valence-electron chi connectivity index (χ1n) is 7.53. The summed E-state index contributed by atoms with van der Waals surface area (Å²) in [4.78, 5) is -0.218. The molecule has 26 heavy (non-hydrogen) atoms. The van der Waals surface area contributed by atoms with E-state index in [9.17, 15) is 26.0 Å². The second-order valence-electron chi connectivity index (χ2n) is 5.86. The van der Waals surface area contributed by atoms with Gasteiger partial charge in [0.05, 0.1) is 12.7 Å². The van der Waals surface area contributed by atoms with Crippen LogP contribution in [0.3, 0.4) is 0 Å². The fourth-order valence-electron chi connectivity index (χ4n) is 2.28. The van der Waals surface area contributed by atoms with Crippen LogP contribution in [-0.2, 0) is 16.2 Å². The van der Waals surface area contributed by atoms with Crippen molar-refractivity contribution in [3.63, 3.8) is 0 Å². The summed E-state index contributed by atoms with van der Waals surface area (Å²) >= 11 is 0. The van der Waals surface area contributed by atoms with Gasteiger partial charge in [0.1, 0.15) is 16.5 Å². The monoisotopic (exact) mass is 391 g/mol. The number of hydrogen-bond donors (Lipinski definition) is 1. The predicted molar refractivity (Wildman–Crippen MR) is 89.3 cm³/mol. The van der Waals surface area contributed by atoms with E-state index in [0.29, 0.717) is 17.7 Å². The largest absolute Gasteiger partial charge is 0.495 e. The van der Waals surface area contributed by atoms with Crippen LogP contribution in [-0.4, -0.2) is 15.5 Å². The fourth-order valence-corrected chi connectivity index (χ4v) is 3.53. The van der Waals surface area contributed by atoms with Crippen molar-refractivity contribution in [1.29, 1.82) is 0 Å². The Labute approximate surface area is 148 Å². The molecule has 9 heteroatoms. The van der Waals surface area contributed by atoms with Gasteiger partial charge in [-0.05, 0) is 41.8 Å². The molecule has 0 amide bonds. The smallest absolute Gasteiger partial charge is 0.419 e. The van der Waals surface area contributed by atoms with Crippen LogP contribution in [0, 0.1) is 5.82 Å². The van der Waals surface area contributed by atoms with Crippen LogP contribution >= 0.6 is 0 Å². The molecule has 0 aliphatic rings. The Kier molecular flexibility index (Phi) is 5.50. The Morgan fingerprint density at radius 3 is 2.27 bits per heavy atom. The molecule has 2 rings (SSSR count). The van der Waals surface area contributed by atoms with Crippen molar-refractivity contribution in [2.75, 3.05) is 11.8 Å². The summed E-state index contributed by atoms with van der Waals surface area (Å²) in [7, 11) is -2.97. The molecule has 0 aliphatic heterocycles. The Morgan fingerprint density at radius 2 is 1.73 bits per heavy atom. The number of nitrogens with one attached hydrogen (secondary N) is 1. The maximum Gasteiger partial charge on any atom is 0.419 e. The highest BCUT2D eigenvalue weighted by Crippen LogP contribution is 2.34. The number of alkyl halides is 3. The van der Waals surface area contributed by atoms with Crippen LogP contribution in [0.5, 0.6) is 5.75 Å². The van der Waals surface area contributed by atoms with Crippen LogP contribution < -0.4 is 9.46 Å². The molecule has 0 aromatic heterocycles. The molecule has 2 aromatic rings. The van der Waals surface area contributed by atoms with Crippen molar-refractivity contribution < 1.29 is 30.7 Å². The summed E-state index contributed by atoms with van der Waals surface area (Å²) in [6, 6.07) is 6.44. The van der Waals surface area contributed by atoms with Crippen molar-refractivity contribution in [2.45, 2.75) is 30.8 Å². The third-order valence-electron chi connectivity index (χ3n) is 3.67. The Hall–Kier alpha value is -2.29. The molecule has 0 saturated heterocycles. The molecule has 1 N–H and O–H groups in total. The summed E-state index contributed by atoms with van der Waals surface area (Å²) in [5, 5.41) is 0. The van der Waals surface area contributed by atoms with Crippen LogP contribution in [0.15, 0.2) is 41.3 Å². The Balaban J connectivity index is 2.48. The number of ether oxygens (including phenoxy) is 1. The first kappa shape index (κ1) is 20.0. The maximum atomic E-state index is 13.4. The Morgan fingerprint density at radius 1 is 1.08 bits per heavy atom. The first-order valence-corrected chi connectivity index (χ1v) is 9.01. The van der Waals surface area contributed by atoms with Gasteiger partial charge < -0.3 is 4.74 Å². The average Bonchev–Trinajstić information content (AvgIpc) is 2.54. The van der Waals surface area contributed by atoms with E-state index in [2.05, 4.69) is 0 Å². The summed E-state index contributed by atoms with van der Waals surface area (Å²) in [6.07, 6.45) is -4.94. The van der Waals surface area contributed by atoms with Gasteiger partial charge in [-0.15, -0.1) is 0 Å². The van der Waals surface area contributed by atoms with Crippen molar-refractivity contribution in [2.24, 2.45) is 0 Å². The molecule has 0 spiro atoms. The molecule has 0 fully saturated rings. The number of sulfonamides is 1. The standard InChI is InChI=1S/C17H17F4NO3S/c1-10(2)11-4-7-15(25-3)16(8-11)26(23,24)22-12-5-6-14(18)13(9-12)17(19,20)21/h4-10,22H,1-3H3. The summed E-state index contributed by atoms with van der Waals surface area (Å²) < 4.78 is 84.1. The van der Waals surface area contributed by atoms with Gasteiger partial charge >= 0.3 is 6.18 Å². The molecule has 0 bridgehead atoms. The van der Waals surface area contributed by atoms with Gasteiger partial charge in [0.2, 0.25) is 0 Å². The van der Waals surface area contributed by atoms with Gasteiger partial charge in [0.15, 0.2) is 0 Å². The number of halogens is 4. The molecule has 0 atom stereocenters. The van der Waals surface area contributed by atoms with Gasteiger partial charge in [-0.2, -0.15) is 13.2 Å². The third kappa shape index (κ3) is 4.27. The number of hydrogen-bond acceptors (Lipinski definition) is 3. The molecule has 0 unspecified atom stereocenters. The zero-order valence-electron chi connectivity index (χ0n) is 14.2. The Bertz CT molecular complexity index is 909. The second-order valence-corrected chi connectivity index (χ2v) is 7.51. The van der Waals surface area contributed by atoms with Crippen molar-refractivity contribution in [3.05, 3.63) is 53.3 Å². The summed E-state index contributed by atoms with van der Waals surface area (Å²) in [6.45, 7) is 3.72. The third-order valence-corrected chi connectivity index (χ3v) is 5.07. The number of rotatable bonds is 5. The second kappa shape index (κ2) is 7.14. The highest BCUT2D eigenvalue weighted by molar-refractivity contribution is 7.92. The van der Waals surface area contributed by atoms with Crippen LogP contribution in [0.4, 0.5) is 23.2 Å². The molecule has 0 aliphatic carbocycles. The topological polar surface area (TPSA) is 55.4 Å². The molecular formula is C17H17F4NO3S. The highest BCUT2D eigenvalue weighted by atomic mass is 32.2. The minimum Gasteiger partial charge on any atom is -0.495 e. The molecule has 0 radical (unpaired) electrons. The van der Waals surface area contributed by atoms with Gasteiger partial charge in [-0.1, -0.05) is 19.9 Å². The number of methoxy groups -OCH3 is 1. The van der Waals surface area contributed by atoms with Gasteiger partial charge in [-0.3, -0.25) is 4.72 Å². The normalized spacial score (nSPS) is 12.3. The lowest BCUT2D eigenvalue weighted by Gasteiger charge is -2.15. The van der Waals surface area contributed by atoms with E-state index in [-0.39, 0.29) is 16.6 Å². The van der Waals surface area contributed by atoms with Crippen molar-refractivity contribution >= 4 is 15.7 Å². The quantitative estimate of drug-likeness (QED) is 0.747. The lowest BCUT2D eigenvalue weighted by atomic mass is 10.0. The van der Waals surface area contributed by atoms with E-state index in [1.807, 2.05) is 18.6 Å². The predicted octanol–water partition coefficient (Wildman–Crippen LogP) is 4.78. The first-order chi connectivity index (χ1) is 12.0. The zero-order chi connectivity index (χ0) is 19.7. The average molecular weight is 391 g/mol. The fraction of sp³-hybridized carbons (Fsp3) is 0.294. The van der Waals surface area contributed by atoms with Crippen LogP contribution in [0.25, 0.3) is 0 Å². The molecule has 4 nitrogen and oxygen atoms in total. The summed E-state index contributed by atoms with van der Waals surface area (Å²) in [5.41, 5.74) is -1.25. The SMILES string of the molecule is COc1ccc(C(C)C)cc1S(=O)(=O)Nc1ccc(F)c(C(F)(F)F)c1. The van der Waals surface area contributed by atoms with E-state index < -0.39 is 33.3 Å².